The van der Waals surface area contributed by atoms with Gasteiger partial charge in [0.05, 0.1) is 16.3 Å². The zero-order valence-electron chi connectivity index (χ0n) is 17.9. The van der Waals surface area contributed by atoms with Crippen molar-refractivity contribution in [3.05, 3.63) is 95.0 Å². The van der Waals surface area contributed by atoms with Gasteiger partial charge in [0.1, 0.15) is 23.0 Å². The van der Waals surface area contributed by atoms with Crippen molar-refractivity contribution in [2.24, 2.45) is 0 Å². The summed E-state index contributed by atoms with van der Waals surface area (Å²) < 4.78 is 15.7. The molecule has 172 valence electrons. The fourth-order valence-electron chi connectivity index (χ4n) is 3.37. The highest BCUT2D eigenvalue weighted by Crippen LogP contribution is 2.27. The lowest BCUT2D eigenvalue weighted by Gasteiger charge is -2.11. The van der Waals surface area contributed by atoms with E-state index in [4.69, 9.17) is 16.7 Å². The Labute approximate surface area is 199 Å². The van der Waals surface area contributed by atoms with Gasteiger partial charge in [-0.25, -0.2) is 9.07 Å². The molecule has 34 heavy (non-hydrogen) atoms. The van der Waals surface area contributed by atoms with Crippen LogP contribution >= 0.6 is 11.6 Å². The van der Waals surface area contributed by atoms with Crippen molar-refractivity contribution >= 4 is 29.1 Å². The number of benzene rings is 2. The lowest BCUT2D eigenvalue weighted by Crippen LogP contribution is -2.15. The van der Waals surface area contributed by atoms with E-state index in [0.29, 0.717) is 17.7 Å². The molecule has 2 aromatic heterocycles. The van der Waals surface area contributed by atoms with Crippen LogP contribution in [0.3, 0.4) is 0 Å². The summed E-state index contributed by atoms with van der Waals surface area (Å²) in [7, 11) is 0. The number of rotatable bonds is 8. The molecule has 0 atom stereocenters. The van der Waals surface area contributed by atoms with E-state index < -0.39 is 11.7 Å². The van der Waals surface area contributed by atoms with Crippen LogP contribution in [0.1, 0.15) is 33.7 Å². The number of carbonyl (C=O) groups excluding carboxylic acids is 2. The standard InChI is InChI=1S/C25H20ClFN4O3/c26-19-11-10-16(24-20(27)8-4-12-28-24)14-18(19)25(34)29-23-15-21(22(33)9-5-13-32)30-31(23)17-6-2-1-3-7-17/h1-4,6-8,10-12,14-15,32H,5,9,13H2,(H,29,34). The van der Waals surface area contributed by atoms with Gasteiger partial charge in [-0.05, 0) is 42.8 Å². The predicted octanol–water partition coefficient (Wildman–Crippen LogP) is 4.93. The van der Waals surface area contributed by atoms with E-state index in [1.807, 2.05) is 6.07 Å². The second kappa shape index (κ2) is 10.4. The van der Waals surface area contributed by atoms with Gasteiger partial charge >= 0.3 is 0 Å². The van der Waals surface area contributed by atoms with Crippen molar-refractivity contribution in [1.82, 2.24) is 14.8 Å². The van der Waals surface area contributed by atoms with Crippen molar-refractivity contribution in [2.75, 3.05) is 11.9 Å². The van der Waals surface area contributed by atoms with Crippen LogP contribution in [0.15, 0.2) is 72.9 Å². The molecule has 7 nitrogen and oxygen atoms in total. The summed E-state index contributed by atoms with van der Waals surface area (Å²) >= 11 is 6.28. The molecule has 4 rings (SSSR count). The molecule has 2 aromatic carbocycles. The van der Waals surface area contributed by atoms with Crippen molar-refractivity contribution in [3.8, 4) is 16.9 Å². The second-order valence-corrected chi connectivity index (χ2v) is 7.80. The lowest BCUT2D eigenvalue weighted by atomic mass is 10.1. The normalized spacial score (nSPS) is 10.8. The fraction of sp³-hybridized carbons (Fsp3) is 0.120. The Kier molecular flexibility index (Phi) is 7.10. The number of Topliss-reactive ketones (excluding diaryl/α,β-unsaturated/α-hetero) is 1. The van der Waals surface area contributed by atoms with E-state index >= 15 is 0 Å². The van der Waals surface area contributed by atoms with E-state index in [1.165, 1.54) is 41.2 Å². The highest BCUT2D eigenvalue weighted by atomic mass is 35.5. The number of hydrogen-bond donors (Lipinski definition) is 2. The molecule has 0 aliphatic heterocycles. The maximum atomic E-state index is 14.2. The fourth-order valence-corrected chi connectivity index (χ4v) is 3.57. The van der Waals surface area contributed by atoms with Crippen molar-refractivity contribution in [1.29, 1.82) is 0 Å². The number of aliphatic hydroxyl groups is 1. The summed E-state index contributed by atoms with van der Waals surface area (Å²) in [6.45, 7) is -0.111. The maximum absolute atomic E-state index is 14.2. The number of anilines is 1. The Balaban J connectivity index is 1.69. The molecule has 2 heterocycles. The summed E-state index contributed by atoms with van der Waals surface area (Å²) in [6.07, 6.45) is 1.89. The molecule has 9 heteroatoms. The molecule has 0 radical (unpaired) electrons. The number of ketones is 1. The SMILES string of the molecule is O=C(CCCO)c1cc(NC(=O)c2cc(-c3ncccc3F)ccc2Cl)n(-c2ccccc2)n1. The maximum Gasteiger partial charge on any atom is 0.258 e. The molecule has 0 fully saturated rings. The second-order valence-electron chi connectivity index (χ2n) is 7.40. The van der Waals surface area contributed by atoms with Gasteiger partial charge in [0.25, 0.3) is 5.91 Å². The van der Waals surface area contributed by atoms with Gasteiger partial charge in [0.15, 0.2) is 5.78 Å². The third-order valence-corrected chi connectivity index (χ3v) is 5.37. The van der Waals surface area contributed by atoms with E-state index in [0.717, 1.165) is 0 Å². The van der Waals surface area contributed by atoms with Crippen LogP contribution in [0.2, 0.25) is 5.02 Å². The van der Waals surface area contributed by atoms with Gasteiger partial charge in [-0.1, -0.05) is 35.9 Å². The predicted molar refractivity (Wildman–Crippen MR) is 127 cm³/mol. The molecular weight excluding hydrogens is 459 g/mol. The molecule has 0 saturated heterocycles. The largest absolute Gasteiger partial charge is 0.396 e. The molecular formula is C25H20ClFN4O3. The number of para-hydroxylation sites is 1. The van der Waals surface area contributed by atoms with Gasteiger partial charge in [0, 0.05) is 30.9 Å². The van der Waals surface area contributed by atoms with Gasteiger partial charge < -0.3 is 10.4 Å². The lowest BCUT2D eigenvalue weighted by molar-refractivity contribution is 0.0965. The monoisotopic (exact) mass is 478 g/mol. The number of carbonyl (C=O) groups is 2. The molecule has 2 N–H and O–H groups in total. The van der Waals surface area contributed by atoms with Crippen molar-refractivity contribution in [3.63, 3.8) is 0 Å². The highest BCUT2D eigenvalue weighted by Gasteiger charge is 2.20. The molecule has 0 aliphatic rings. The van der Waals surface area contributed by atoms with Crippen LogP contribution in [-0.2, 0) is 0 Å². The number of nitrogens with one attached hydrogen (secondary N) is 1. The molecule has 4 aromatic rings. The molecule has 0 unspecified atom stereocenters. The van der Waals surface area contributed by atoms with Crippen LogP contribution in [0.5, 0.6) is 0 Å². The number of hydrogen-bond acceptors (Lipinski definition) is 5. The van der Waals surface area contributed by atoms with Gasteiger partial charge in [0.2, 0.25) is 0 Å². The summed E-state index contributed by atoms with van der Waals surface area (Å²) in [5.74, 6) is -1.09. The van der Waals surface area contributed by atoms with Crippen LogP contribution in [-0.4, -0.2) is 38.2 Å². The molecule has 0 spiro atoms. The topological polar surface area (TPSA) is 97.1 Å². The van der Waals surface area contributed by atoms with Crippen LogP contribution in [0.4, 0.5) is 10.2 Å². The summed E-state index contributed by atoms with van der Waals surface area (Å²) in [6, 6.07) is 17.8. The Morgan fingerprint density at radius 1 is 1.06 bits per heavy atom. The molecule has 0 bridgehead atoms. The zero-order chi connectivity index (χ0) is 24.1. The summed E-state index contributed by atoms with van der Waals surface area (Å²) in [5.41, 5.74) is 1.39. The van der Waals surface area contributed by atoms with Crippen molar-refractivity contribution < 1.29 is 19.1 Å². The Morgan fingerprint density at radius 3 is 2.59 bits per heavy atom. The smallest absolute Gasteiger partial charge is 0.258 e. The first-order chi connectivity index (χ1) is 16.5. The summed E-state index contributed by atoms with van der Waals surface area (Å²) in [5, 5.41) is 16.3. The van der Waals surface area contributed by atoms with Crippen molar-refractivity contribution in [2.45, 2.75) is 12.8 Å². The number of aromatic nitrogens is 3. The van der Waals surface area contributed by atoms with Gasteiger partial charge in [-0.15, -0.1) is 0 Å². The van der Waals surface area contributed by atoms with Crippen LogP contribution in [0.25, 0.3) is 16.9 Å². The number of nitrogens with zero attached hydrogens (tertiary/aromatic N) is 3. The Hall–Kier alpha value is -3.88. The molecule has 0 aliphatic carbocycles. The van der Waals surface area contributed by atoms with Crippen LogP contribution in [0, 0.1) is 5.82 Å². The zero-order valence-corrected chi connectivity index (χ0v) is 18.7. The van der Waals surface area contributed by atoms with E-state index in [2.05, 4.69) is 15.4 Å². The average Bonchev–Trinajstić information content (AvgIpc) is 3.27. The third kappa shape index (κ3) is 5.03. The first-order valence-corrected chi connectivity index (χ1v) is 10.9. The number of halogens is 2. The first-order valence-electron chi connectivity index (χ1n) is 10.5. The van der Waals surface area contributed by atoms with Crippen LogP contribution < -0.4 is 5.32 Å². The number of pyridine rings is 1. The van der Waals surface area contributed by atoms with E-state index in [-0.39, 0.29) is 46.6 Å². The third-order valence-electron chi connectivity index (χ3n) is 5.04. The minimum Gasteiger partial charge on any atom is -0.396 e. The summed E-state index contributed by atoms with van der Waals surface area (Å²) in [4.78, 5) is 29.7. The average molecular weight is 479 g/mol. The minimum absolute atomic E-state index is 0.0966. The Bertz CT molecular complexity index is 1340. The molecule has 1 amide bonds. The Morgan fingerprint density at radius 2 is 1.85 bits per heavy atom. The van der Waals surface area contributed by atoms with Gasteiger partial charge in [-0.2, -0.15) is 5.10 Å². The van der Waals surface area contributed by atoms with Gasteiger partial charge in [-0.3, -0.25) is 14.6 Å². The molecule has 0 saturated carbocycles. The van der Waals surface area contributed by atoms with E-state index in [9.17, 15) is 14.0 Å². The number of amides is 1. The highest BCUT2D eigenvalue weighted by molar-refractivity contribution is 6.34. The first kappa shape index (κ1) is 23.3. The minimum atomic E-state index is -0.561. The number of aliphatic hydroxyl groups excluding tert-OH is 1. The van der Waals surface area contributed by atoms with E-state index in [1.54, 1.807) is 30.3 Å². The quantitative estimate of drug-likeness (QED) is 0.350.